The molecule has 5 heterocycles. The Kier molecular flexibility index (Phi) is 11.1. The quantitative estimate of drug-likeness (QED) is 0.0914. The highest BCUT2D eigenvalue weighted by Crippen LogP contribution is 2.78. The second-order valence-corrected chi connectivity index (χ2v) is 27.8. The summed E-state index contributed by atoms with van der Waals surface area (Å²) in [4.78, 5) is 33.8. The Labute approximate surface area is 420 Å². The highest BCUT2D eigenvalue weighted by atomic mass is 33.1. The van der Waals surface area contributed by atoms with Gasteiger partial charge in [-0.1, -0.05) is 86.4 Å². The average molecular weight is 1000 g/mol. The maximum atomic E-state index is 16.2. The van der Waals surface area contributed by atoms with E-state index in [1.165, 1.54) is 21.6 Å². The number of aliphatic hydroxyl groups is 7. The van der Waals surface area contributed by atoms with Crippen LogP contribution in [0.4, 0.5) is 5.69 Å². The number of carbonyl (C=O) groups is 2. The number of aliphatic hydroxyl groups excluding tert-OH is 4. The van der Waals surface area contributed by atoms with E-state index >= 15 is 9.59 Å². The van der Waals surface area contributed by atoms with E-state index < -0.39 is 91.2 Å². The number of ether oxygens (including phenoxy) is 1. The minimum Gasteiger partial charge on any atom is -0.508 e. The van der Waals surface area contributed by atoms with Crippen molar-refractivity contribution < 1.29 is 55.2 Å². The van der Waals surface area contributed by atoms with E-state index in [9.17, 15) is 40.9 Å². The van der Waals surface area contributed by atoms with Crippen molar-refractivity contribution in [3.05, 3.63) is 59.7 Å². The molecule has 14 rings (SSSR count). The molecule has 12 nitrogen and oxygen atoms in total. The van der Waals surface area contributed by atoms with Gasteiger partial charge in [-0.3, -0.25) is 9.59 Å². The number of ketones is 1. The number of amides is 1. The van der Waals surface area contributed by atoms with Gasteiger partial charge >= 0.3 is 0 Å². The summed E-state index contributed by atoms with van der Waals surface area (Å²) in [6, 6.07) is 5.48. The molecule has 7 fully saturated rings. The third-order valence-electron chi connectivity index (χ3n) is 22.9. The van der Waals surface area contributed by atoms with Crippen molar-refractivity contribution in [3.8, 4) is 5.75 Å². The first-order valence-electron chi connectivity index (χ1n) is 26.7. The topological polar surface area (TPSA) is 212 Å². The first-order chi connectivity index (χ1) is 33.2. The van der Waals surface area contributed by atoms with Crippen molar-refractivity contribution in [3.63, 3.8) is 0 Å². The Balaban J connectivity index is 1.06. The molecule has 14 heteroatoms. The van der Waals surface area contributed by atoms with E-state index in [1.54, 1.807) is 18.2 Å². The molecule has 1 aromatic rings. The van der Waals surface area contributed by atoms with E-state index in [0.717, 1.165) is 37.7 Å². The summed E-state index contributed by atoms with van der Waals surface area (Å²) < 4.78 is 6.52. The molecule has 1 aromatic carbocycles. The maximum absolute atomic E-state index is 16.2. The van der Waals surface area contributed by atoms with Crippen LogP contribution in [0.1, 0.15) is 117 Å². The van der Waals surface area contributed by atoms with Crippen LogP contribution in [-0.4, -0.2) is 119 Å². The van der Waals surface area contributed by atoms with Gasteiger partial charge in [0.2, 0.25) is 5.91 Å². The highest BCUT2D eigenvalue weighted by Gasteiger charge is 2.80. The molecule has 5 aliphatic heterocycles. The molecule has 13 aliphatic rings. The molecular weight excluding hydrogens is 927 g/mol. The Hall–Kier alpha value is -2.24. The van der Waals surface area contributed by atoms with Crippen LogP contribution in [0.25, 0.3) is 0 Å². The average Bonchev–Trinajstić information content (AvgIpc) is 3.86. The van der Waals surface area contributed by atoms with Crippen molar-refractivity contribution in [2.45, 2.75) is 158 Å². The second-order valence-electron chi connectivity index (χ2n) is 25.4. The molecule has 1 amide bonds. The molecule has 70 heavy (non-hydrogen) atoms. The van der Waals surface area contributed by atoms with E-state index in [2.05, 4.69) is 45.1 Å². The zero-order valence-electron chi connectivity index (χ0n) is 41.3. The van der Waals surface area contributed by atoms with Crippen molar-refractivity contribution in [1.29, 1.82) is 0 Å². The maximum Gasteiger partial charge on any atom is 0.235 e. The summed E-state index contributed by atoms with van der Waals surface area (Å²) in [5.41, 5.74) is -10.8. The number of hydrogen-bond donors (Lipinski definition) is 8. The number of aryl methyl sites for hydroxylation is 1. The molecule has 19 unspecified atom stereocenters. The molecule has 4 spiro atoms. The molecular formula is C56H75NO11S2. The highest BCUT2D eigenvalue weighted by molar-refractivity contribution is 8.76. The number of epoxide rings is 1. The normalized spacial score (nSPS) is 51.5. The fourth-order valence-corrected chi connectivity index (χ4v) is 22.5. The molecule has 2 saturated heterocycles. The van der Waals surface area contributed by atoms with Crippen LogP contribution in [0.3, 0.4) is 0 Å². The number of fused-ring (bicyclic) bond motifs is 1. The monoisotopic (exact) mass is 1000 g/mol. The van der Waals surface area contributed by atoms with E-state index in [4.69, 9.17) is 4.74 Å². The number of hydrogen-bond acceptors (Lipinski definition) is 13. The molecule has 0 aromatic heterocycles. The van der Waals surface area contributed by atoms with E-state index in [1.807, 2.05) is 17.9 Å². The molecule has 8 bridgehead atoms. The van der Waals surface area contributed by atoms with Crippen LogP contribution in [0.15, 0.2) is 54.2 Å². The van der Waals surface area contributed by atoms with Crippen molar-refractivity contribution in [1.82, 2.24) is 0 Å². The van der Waals surface area contributed by atoms with Gasteiger partial charge in [0.15, 0.2) is 5.78 Å². The van der Waals surface area contributed by atoms with Gasteiger partial charge in [0.1, 0.15) is 28.5 Å². The Morgan fingerprint density at radius 2 is 1.71 bits per heavy atom. The second kappa shape index (κ2) is 15.9. The summed E-state index contributed by atoms with van der Waals surface area (Å²) in [5.74, 6) is -1.02. The standard InChI is InChI=1S/C56H75NO11S2/c1-31(2)32(3)44-45(68-44)54(66)16-7-9-35-22-39-40-24-42(61)53(25-43(62)51(65,30-59)27-48(39,53)4)47(64)70-69-26-36-10-5-14-49(29-58)17-12-34-8-6-15-50(34)28-57(46(63)56(36,49)50)37-20-33(21-38(60)23-37)11-18-52(35)41(54)13-19-55(40,52)67/h7,9,12,17,20-21,23-24,31-32,34-36,39,41,43-45,47,58-60,62,64-67H,5-6,8,10-11,13-16,18-19,22,25-30H2,1-4H3. The fourth-order valence-electron chi connectivity index (χ4n) is 19.4. The third kappa shape index (κ3) is 5.76. The minimum atomic E-state index is -1.99. The lowest BCUT2D eigenvalue weighted by Gasteiger charge is -2.68. The smallest absolute Gasteiger partial charge is 0.235 e. The third-order valence-corrected chi connectivity index (χ3v) is 25.5. The van der Waals surface area contributed by atoms with Crippen LogP contribution >= 0.6 is 21.6 Å². The van der Waals surface area contributed by atoms with Gasteiger partial charge in [0, 0.05) is 46.2 Å². The minimum absolute atomic E-state index is 0.0287. The van der Waals surface area contributed by atoms with Crippen LogP contribution in [0.5, 0.6) is 5.75 Å². The predicted molar refractivity (Wildman–Crippen MR) is 267 cm³/mol. The molecule has 8 N–H and O–H groups in total. The Morgan fingerprint density at radius 3 is 2.47 bits per heavy atom. The molecule has 19 atom stereocenters. The number of aromatic hydroxyl groups is 1. The van der Waals surface area contributed by atoms with Crippen molar-refractivity contribution in [2.24, 2.45) is 73.9 Å². The molecule has 0 radical (unpaired) electrons. The summed E-state index contributed by atoms with van der Waals surface area (Å²) >= 11 is 0. The van der Waals surface area contributed by atoms with Crippen molar-refractivity contribution >= 4 is 39.0 Å². The van der Waals surface area contributed by atoms with Gasteiger partial charge in [0.25, 0.3) is 0 Å². The van der Waals surface area contributed by atoms with Gasteiger partial charge in [-0.25, -0.2) is 0 Å². The SMILES string of the molecule is CC(C)C(C)C1OC1C1(O)CC=CC2CC3C4=CC(=O)C5(CC(O)C(O)(CO)CC35C)C(O)SSCC3CCCC5(CO)C=CC6CCCC67CN(C(=O)C357)c3cc(O)cc(c3)CCC23C1CCC43O. The van der Waals surface area contributed by atoms with Crippen LogP contribution < -0.4 is 4.90 Å². The first-order valence-corrected chi connectivity index (χ1v) is 29.1. The Morgan fingerprint density at radius 1 is 0.929 bits per heavy atom. The van der Waals surface area contributed by atoms with Crippen molar-refractivity contribution in [2.75, 3.05) is 30.4 Å². The summed E-state index contributed by atoms with van der Waals surface area (Å²) in [6.45, 7) is 7.90. The number of nitrogens with zero attached hydrogens (tertiary/aromatic N) is 1. The lowest BCUT2D eigenvalue weighted by atomic mass is 9.38. The van der Waals surface area contributed by atoms with Gasteiger partial charge < -0.3 is 50.5 Å². The summed E-state index contributed by atoms with van der Waals surface area (Å²) in [6.07, 6.45) is 14.6. The molecule has 8 aliphatic carbocycles. The number of phenolic OH excluding ortho intramolecular Hbond substituents is 1. The summed E-state index contributed by atoms with van der Waals surface area (Å²) in [7, 11) is 2.61. The van der Waals surface area contributed by atoms with Gasteiger partial charge in [0.05, 0.1) is 41.9 Å². The zero-order chi connectivity index (χ0) is 49.4. The number of phenols is 1. The molecule has 382 valence electrons. The Bertz CT molecular complexity index is 2470. The van der Waals surface area contributed by atoms with Crippen LogP contribution in [0, 0.1) is 73.9 Å². The van der Waals surface area contributed by atoms with Crippen LogP contribution in [0.2, 0.25) is 0 Å². The van der Waals surface area contributed by atoms with Gasteiger partial charge in [-0.15, -0.1) is 0 Å². The molecule has 5 saturated carbocycles. The predicted octanol–water partition coefficient (Wildman–Crippen LogP) is 6.40. The van der Waals surface area contributed by atoms with E-state index in [-0.39, 0.29) is 67.3 Å². The number of benzene rings is 1. The number of carbonyl (C=O) groups excluding carboxylic acids is 2. The lowest BCUT2D eigenvalue weighted by molar-refractivity contribution is -0.235. The number of anilines is 1. The van der Waals surface area contributed by atoms with Gasteiger partial charge in [-0.05, 0) is 147 Å². The fraction of sp³-hybridized carbons (Fsp3) is 0.750. The zero-order valence-corrected chi connectivity index (χ0v) is 42.9. The number of allylic oxidation sites excluding steroid dienone is 3. The summed E-state index contributed by atoms with van der Waals surface area (Å²) in [5, 5.41) is 99.0. The first kappa shape index (κ1) is 48.7. The lowest BCUT2D eigenvalue weighted by Crippen LogP contribution is -2.72. The van der Waals surface area contributed by atoms with E-state index in [0.29, 0.717) is 68.0 Å². The van der Waals surface area contributed by atoms with Crippen LogP contribution in [-0.2, 0) is 20.7 Å². The largest absolute Gasteiger partial charge is 0.508 e. The van der Waals surface area contributed by atoms with Gasteiger partial charge in [-0.2, -0.15) is 0 Å². The number of rotatable bonds is 5.